The van der Waals surface area contributed by atoms with E-state index in [-0.39, 0.29) is 18.4 Å². The van der Waals surface area contributed by atoms with Gasteiger partial charge in [-0.2, -0.15) is 0 Å². The number of aromatic nitrogens is 1. The Labute approximate surface area is 135 Å². The maximum absolute atomic E-state index is 12.7. The lowest BCUT2D eigenvalue weighted by Gasteiger charge is -2.35. The summed E-state index contributed by atoms with van der Waals surface area (Å²) in [7, 11) is 3.99. The van der Waals surface area contributed by atoms with Crippen LogP contribution in [0.3, 0.4) is 0 Å². The summed E-state index contributed by atoms with van der Waals surface area (Å²) in [6, 6.07) is 9.43. The third-order valence-corrected chi connectivity index (χ3v) is 3.71. The van der Waals surface area contributed by atoms with Gasteiger partial charge in [0.15, 0.2) is 0 Å². The molecule has 1 amide bonds. The fourth-order valence-electron chi connectivity index (χ4n) is 2.79. The Morgan fingerprint density at radius 3 is 2.87 bits per heavy atom. The van der Waals surface area contributed by atoms with Gasteiger partial charge in [-0.1, -0.05) is 17.3 Å². The fraction of sp³-hybridized carbons (Fsp3) is 0.412. The summed E-state index contributed by atoms with van der Waals surface area (Å²) in [6.45, 7) is 3.10. The lowest BCUT2D eigenvalue weighted by molar-refractivity contribution is -0.118. The van der Waals surface area contributed by atoms with E-state index in [1.807, 2.05) is 45.3 Å². The van der Waals surface area contributed by atoms with Gasteiger partial charge >= 0.3 is 0 Å². The molecule has 1 aromatic heterocycles. The number of anilines is 1. The molecule has 1 aliphatic heterocycles. The maximum atomic E-state index is 12.7. The van der Waals surface area contributed by atoms with Crippen molar-refractivity contribution in [2.24, 2.45) is 0 Å². The van der Waals surface area contributed by atoms with Crippen LogP contribution in [-0.4, -0.2) is 49.3 Å². The molecule has 1 aliphatic rings. The third kappa shape index (κ3) is 3.53. The van der Waals surface area contributed by atoms with E-state index in [0.29, 0.717) is 18.0 Å². The summed E-state index contributed by atoms with van der Waals surface area (Å²) >= 11 is 0. The van der Waals surface area contributed by atoms with E-state index >= 15 is 0 Å². The highest BCUT2D eigenvalue weighted by molar-refractivity contribution is 5.96. The molecule has 1 unspecified atom stereocenters. The molecule has 23 heavy (non-hydrogen) atoms. The number of benzene rings is 1. The molecule has 0 radical (unpaired) electrons. The molecular weight excluding hydrogens is 294 g/mol. The molecule has 2 heterocycles. The Morgan fingerprint density at radius 2 is 2.17 bits per heavy atom. The second kappa shape index (κ2) is 6.42. The molecule has 0 saturated carbocycles. The summed E-state index contributed by atoms with van der Waals surface area (Å²) < 4.78 is 11.1. The largest absolute Gasteiger partial charge is 0.485 e. The molecule has 122 valence electrons. The fourth-order valence-corrected chi connectivity index (χ4v) is 2.79. The van der Waals surface area contributed by atoms with Gasteiger partial charge in [-0.15, -0.1) is 0 Å². The lowest BCUT2D eigenvalue weighted by Crippen LogP contribution is -2.47. The van der Waals surface area contributed by atoms with Gasteiger partial charge in [0.25, 0.3) is 0 Å². The zero-order valence-corrected chi connectivity index (χ0v) is 13.7. The van der Waals surface area contributed by atoms with Crippen LogP contribution in [0.25, 0.3) is 0 Å². The minimum Gasteiger partial charge on any atom is -0.485 e. The predicted octanol–water partition coefficient (Wildman–Crippen LogP) is 1.88. The first-order chi connectivity index (χ1) is 11.0. The zero-order chi connectivity index (χ0) is 16.4. The van der Waals surface area contributed by atoms with Crippen molar-refractivity contribution in [1.82, 2.24) is 10.1 Å². The van der Waals surface area contributed by atoms with Gasteiger partial charge in [0.05, 0.1) is 24.3 Å². The predicted molar refractivity (Wildman–Crippen MR) is 86.7 cm³/mol. The van der Waals surface area contributed by atoms with Crippen LogP contribution in [0.2, 0.25) is 0 Å². The number of hydrogen-bond acceptors (Lipinski definition) is 5. The van der Waals surface area contributed by atoms with Crippen LogP contribution in [0, 0.1) is 6.92 Å². The average molecular weight is 315 g/mol. The molecule has 0 N–H and O–H groups in total. The number of aryl methyl sites for hydroxylation is 1. The van der Waals surface area contributed by atoms with Crippen molar-refractivity contribution < 1.29 is 14.1 Å². The molecule has 2 aromatic rings. The van der Waals surface area contributed by atoms with Crippen LogP contribution >= 0.6 is 0 Å². The van der Waals surface area contributed by atoms with E-state index in [1.165, 1.54) is 0 Å². The zero-order valence-electron chi connectivity index (χ0n) is 13.7. The Hall–Kier alpha value is -2.34. The second-order valence-electron chi connectivity index (χ2n) is 6.08. The van der Waals surface area contributed by atoms with Crippen LogP contribution in [0.4, 0.5) is 5.69 Å². The van der Waals surface area contributed by atoms with Gasteiger partial charge in [-0.3, -0.25) is 4.79 Å². The summed E-state index contributed by atoms with van der Waals surface area (Å²) in [4.78, 5) is 16.6. The molecular formula is C17H21N3O3. The minimum absolute atomic E-state index is 0.00203. The number of hydrogen-bond donors (Lipinski definition) is 0. The molecule has 0 bridgehead atoms. The Balaban J connectivity index is 1.82. The third-order valence-electron chi connectivity index (χ3n) is 3.71. The summed E-state index contributed by atoms with van der Waals surface area (Å²) in [5, 5.41) is 3.91. The highest BCUT2D eigenvalue weighted by atomic mass is 16.5. The number of para-hydroxylation sites is 2. The van der Waals surface area contributed by atoms with Crippen LogP contribution < -0.4 is 9.64 Å². The number of rotatable bonds is 4. The van der Waals surface area contributed by atoms with E-state index in [2.05, 4.69) is 10.1 Å². The van der Waals surface area contributed by atoms with Gasteiger partial charge in [-0.05, 0) is 33.2 Å². The van der Waals surface area contributed by atoms with E-state index < -0.39 is 0 Å². The van der Waals surface area contributed by atoms with Crippen LogP contribution in [0.15, 0.2) is 34.9 Å². The number of likely N-dealkylation sites (N-methyl/N-ethyl adjacent to an activating group) is 1. The van der Waals surface area contributed by atoms with Gasteiger partial charge in [0.2, 0.25) is 5.91 Å². The number of carbonyl (C=O) groups excluding carboxylic acids is 1. The van der Waals surface area contributed by atoms with Crippen LogP contribution in [0.5, 0.6) is 5.75 Å². The molecule has 1 aromatic carbocycles. The van der Waals surface area contributed by atoms with Crippen molar-refractivity contribution in [3.05, 3.63) is 41.8 Å². The van der Waals surface area contributed by atoms with E-state index in [9.17, 15) is 4.79 Å². The van der Waals surface area contributed by atoms with Crippen LogP contribution in [-0.2, 0) is 11.2 Å². The summed E-state index contributed by atoms with van der Waals surface area (Å²) in [5.41, 5.74) is 1.47. The van der Waals surface area contributed by atoms with Crippen molar-refractivity contribution in [3.8, 4) is 5.75 Å². The molecule has 6 heteroatoms. The molecule has 6 nitrogen and oxygen atoms in total. The molecule has 0 aliphatic carbocycles. The number of amides is 1. The molecule has 0 saturated heterocycles. The summed E-state index contributed by atoms with van der Waals surface area (Å²) in [6.07, 6.45) is 0.170. The Kier molecular flexibility index (Phi) is 4.34. The second-order valence-corrected chi connectivity index (χ2v) is 6.08. The molecule has 3 rings (SSSR count). The SMILES string of the molecule is Cc1cc(CC(=O)N2CC(CN(C)C)Oc3ccccc32)no1. The van der Waals surface area contributed by atoms with E-state index in [1.54, 1.807) is 11.0 Å². The molecule has 0 spiro atoms. The number of fused-ring (bicyclic) bond motifs is 1. The highest BCUT2D eigenvalue weighted by Gasteiger charge is 2.30. The van der Waals surface area contributed by atoms with E-state index in [0.717, 1.165) is 18.0 Å². The standard InChI is InChI=1S/C17H21N3O3/c1-12-8-13(18-23-12)9-17(21)20-11-14(10-19(2)3)22-16-7-5-4-6-15(16)20/h4-8,14H,9-11H2,1-3H3. The molecule has 1 atom stereocenters. The topological polar surface area (TPSA) is 58.8 Å². The first-order valence-electron chi connectivity index (χ1n) is 7.66. The van der Waals surface area contributed by atoms with Gasteiger partial charge in [-0.25, -0.2) is 0 Å². The first kappa shape index (κ1) is 15.6. The maximum Gasteiger partial charge on any atom is 0.233 e. The van der Waals surface area contributed by atoms with Crippen molar-refractivity contribution in [3.63, 3.8) is 0 Å². The van der Waals surface area contributed by atoms with Gasteiger partial charge in [0, 0.05) is 12.6 Å². The van der Waals surface area contributed by atoms with Gasteiger partial charge in [0.1, 0.15) is 17.6 Å². The quantitative estimate of drug-likeness (QED) is 0.862. The number of nitrogens with zero attached hydrogens (tertiary/aromatic N) is 3. The molecule has 0 fully saturated rings. The van der Waals surface area contributed by atoms with E-state index in [4.69, 9.17) is 9.26 Å². The van der Waals surface area contributed by atoms with Gasteiger partial charge < -0.3 is 19.1 Å². The monoisotopic (exact) mass is 315 g/mol. The number of ether oxygens (including phenoxy) is 1. The smallest absolute Gasteiger partial charge is 0.233 e. The Morgan fingerprint density at radius 1 is 1.39 bits per heavy atom. The van der Waals surface area contributed by atoms with Crippen molar-refractivity contribution in [2.45, 2.75) is 19.4 Å². The van der Waals surface area contributed by atoms with Crippen LogP contribution in [0.1, 0.15) is 11.5 Å². The van der Waals surface area contributed by atoms with Crippen molar-refractivity contribution in [2.75, 3.05) is 32.1 Å². The lowest BCUT2D eigenvalue weighted by atomic mass is 10.1. The average Bonchev–Trinajstić information content (AvgIpc) is 2.90. The summed E-state index contributed by atoms with van der Waals surface area (Å²) in [5.74, 6) is 1.45. The highest BCUT2D eigenvalue weighted by Crippen LogP contribution is 2.33. The normalized spacial score (nSPS) is 17.0. The van der Waals surface area contributed by atoms with Crippen molar-refractivity contribution >= 4 is 11.6 Å². The number of carbonyl (C=O) groups is 1. The Bertz CT molecular complexity index is 696. The van der Waals surface area contributed by atoms with Crippen molar-refractivity contribution in [1.29, 1.82) is 0 Å². The minimum atomic E-state index is -0.0529. The first-order valence-corrected chi connectivity index (χ1v) is 7.66.